The minimum absolute atomic E-state index is 0.118. The summed E-state index contributed by atoms with van der Waals surface area (Å²) in [6.07, 6.45) is 8.45. The number of aryl methyl sites for hydroxylation is 1. The molecule has 4 fully saturated rings. The Morgan fingerprint density at radius 1 is 0.887 bits per heavy atom. The van der Waals surface area contributed by atoms with Gasteiger partial charge in [0.05, 0.1) is 5.69 Å². The fraction of sp³-hybridized carbons (Fsp3) is 0.438. The van der Waals surface area contributed by atoms with Gasteiger partial charge in [0.25, 0.3) is 5.91 Å². The van der Waals surface area contributed by atoms with Crippen LogP contribution in [0.1, 0.15) is 79.0 Å². The van der Waals surface area contributed by atoms with Gasteiger partial charge in [-0.3, -0.25) is 29.5 Å². The summed E-state index contributed by atoms with van der Waals surface area (Å²) in [6.45, 7) is 9.98. The van der Waals surface area contributed by atoms with Crippen LogP contribution in [0, 0.1) is 11.7 Å². The molecular formula is C48H57FN10O3. The molecule has 13 nitrogen and oxygen atoms in total. The van der Waals surface area contributed by atoms with Gasteiger partial charge in [-0.15, -0.1) is 0 Å². The molecule has 4 N–H and O–H groups in total. The molecule has 5 aromatic rings. The van der Waals surface area contributed by atoms with Gasteiger partial charge in [0.15, 0.2) is 0 Å². The van der Waals surface area contributed by atoms with E-state index in [4.69, 9.17) is 10.7 Å². The van der Waals surface area contributed by atoms with Crippen molar-refractivity contribution in [2.45, 2.75) is 63.5 Å². The number of carbonyl (C=O) groups is 3. The van der Waals surface area contributed by atoms with Crippen molar-refractivity contribution in [1.29, 1.82) is 0 Å². The van der Waals surface area contributed by atoms with Crippen LogP contribution in [0.4, 0.5) is 21.6 Å². The Morgan fingerprint density at radius 3 is 2.34 bits per heavy atom. The van der Waals surface area contributed by atoms with Crippen LogP contribution < -0.4 is 21.3 Å². The third-order valence-corrected chi connectivity index (χ3v) is 13.9. The number of hydrogen-bond acceptors (Lipinski definition) is 10. The first-order chi connectivity index (χ1) is 30.1. The van der Waals surface area contributed by atoms with Crippen molar-refractivity contribution in [1.82, 2.24) is 34.6 Å². The lowest BCUT2D eigenvalue weighted by Crippen LogP contribution is -2.49. The molecule has 0 aliphatic carbocycles. The summed E-state index contributed by atoms with van der Waals surface area (Å²) in [5, 5.41) is 6.51. The molecule has 9 rings (SSSR count). The topological polar surface area (TPSA) is 145 Å². The van der Waals surface area contributed by atoms with Crippen LogP contribution in [0.5, 0.6) is 0 Å². The van der Waals surface area contributed by atoms with Gasteiger partial charge >= 0.3 is 0 Å². The number of rotatable bonds is 10. The average molecular weight is 841 g/mol. The number of nitrogens with zero attached hydrogens (tertiary/aromatic N) is 7. The number of piperidine rings is 3. The van der Waals surface area contributed by atoms with Crippen LogP contribution in [-0.4, -0.2) is 112 Å². The Balaban J connectivity index is 0.716. The zero-order valence-corrected chi connectivity index (χ0v) is 35.7. The number of benzene rings is 2. The zero-order valence-electron chi connectivity index (χ0n) is 35.7. The van der Waals surface area contributed by atoms with E-state index in [-0.39, 0.29) is 36.0 Å². The summed E-state index contributed by atoms with van der Waals surface area (Å²) >= 11 is 0. The smallest absolute Gasteiger partial charge is 0.253 e. The number of nitrogens with one attached hydrogen (secondary N) is 2. The SMILES string of the molecule is CC(c1cc2c(-c3ccc(N)nc3)ccnc2n1C)N1CCC(c2ccc(C(=O)N3CCC(CN4CCN(c5ccc(N[C@H]6CCC(=O)NC6=O)cc5F)CC4)CC3)cc2)CC1. The Labute approximate surface area is 362 Å². The quantitative estimate of drug-likeness (QED) is 0.139. The highest BCUT2D eigenvalue weighted by Crippen LogP contribution is 2.36. The molecule has 3 amide bonds. The Hall–Kier alpha value is -5.86. The number of fused-ring (bicyclic) bond motifs is 1. The number of halogens is 1. The molecule has 7 heterocycles. The fourth-order valence-corrected chi connectivity index (χ4v) is 10.1. The van der Waals surface area contributed by atoms with Crippen molar-refractivity contribution in [3.8, 4) is 11.1 Å². The number of pyridine rings is 2. The highest BCUT2D eigenvalue weighted by atomic mass is 19.1. The van der Waals surface area contributed by atoms with Crippen molar-refractivity contribution in [2.24, 2.45) is 13.0 Å². The second-order valence-corrected chi connectivity index (χ2v) is 17.6. The highest BCUT2D eigenvalue weighted by molar-refractivity contribution is 6.01. The van der Waals surface area contributed by atoms with E-state index in [1.54, 1.807) is 12.1 Å². The molecule has 14 heteroatoms. The Kier molecular flexibility index (Phi) is 11.9. The lowest BCUT2D eigenvalue weighted by molar-refractivity contribution is -0.133. The van der Waals surface area contributed by atoms with E-state index in [2.05, 4.69) is 67.1 Å². The maximum atomic E-state index is 15.2. The number of nitrogen functional groups attached to an aromatic ring is 1. The largest absolute Gasteiger partial charge is 0.384 e. The lowest BCUT2D eigenvalue weighted by atomic mass is 9.88. The first-order valence-electron chi connectivity index (χ1n) is 22.2. The summed E-state index contributed by atoms with van der Waals surface area (Å²) < 4.78 is 17.5. The van der Waals surface area contributed by atoms with Crippen molar-refractivity contribution < 1.29 is 18.8 Å². The van der Waals surface area contributed by atoms with E-state index < -0.39 is 6.04 Å². The van der Waals surface area contributed by atoms with Crippen molar-refractivity contribution in [3.63, 3.8) is 0 Å². The third-order valence-electron chi connectivity index (χ3n) is 13.9. The summed E-state index contributed by atoms with van der Waals surface area (Å²) in [6, 6.07) is 21.3. The van der Waals surface area contributed by atoms with E-state index in [0.29, 0.717) is 35.4 Å². The second-order valence-electron chi connectivity index (χ2n) is 17.6. The summed E-state index contributed by atoms with van der Waals surface area (Å²) in [5.41, 5.74) is 13.4. The molecule has 324 valence electrons. The number of imide groups is 1. The maximum Gasteiger partial charge on any atom is 0.253 e. The minimum Gasteiger partial charge on any atom is -0.384 e. The first-order valence-corrected chi connectivity index (χ1v) is 22.2. The summed E-state index contributed by atoms with van der Waals surface area (Å²) in [7, 11) is 2.11. The van der Waals surface area contributed by atoms with E-state index in [0.717, 1.165) is 112 Å². The molecule has 0 radical (unpaired) electrons. The first kappa shape index (κ1) is 41.5. The van der Waals surface area contributed by atoms with Crippen molar-refractivity contribution in [2.75, 3.05) is 74.9 Å². The van der Waals surface area contributed by atoms with Gasteiger partial charge in [-0.05, 0) is 130 Å². The molecular weight excluding hydrogens is 784 g/mol. The van der Waals surface area contributed by atoms with Crippen LogP contribution in [-0.2, 0) is 16.6 Å². The van der Waals surface area contributed by atoms with Crippen LogP contribution in [0.2, 0.25) is 0 Å². The standard InChI is InChI=1S/C48H57FN10O3/c1-31(43-28-39-38(13-18-51-46(39)55(43)2)36-7-11-44(50)52-29-36)57-21-16-34(17-22-57)33-3-5-35(6-4-33)48(62)59-19-14-32(15-20-59)30-56-23-25-58(26-24-56)42-10-8-37(27-40(42)49)53-41-9-12-45(60)54-47(41)61/h3-8,10-11,13,18,27-29,31-32,34,41,53H,9,12,14-17,19-26,30H2,1-2H3,(H2,50,52)(H,54,60,61)/t31?,41-/m0/s1. The zero-order chi connectivity index (χ0) is 42.9. The molecule has 62 heavy (non-hydrogen) atoms. The predicted molar refractivity (Wildman–Crippen MR) is 240 cm³/mol. The second kappa shape index (κ2) is 17.9. The molecule has 0 bridgehead atoms. The normalized spacial score (nSPS) is 20.4. The lowest BCUT2D eigenvalue weighted by Gasteiger charge is -2.39. The van der Waals surface area contributed by atoms with Crippen molar-refractivity contribution in [3.05, 3.63) is 102 Å². The number of amides is 3. The van der Waals surface area contributed by atoms with Gasteiger partial charge in [-0.1, -0.05) is 12.1 Å². The van der Waals surface area contributed by atoms with Gasteiger partial charge in [0.2, 0.25) is 11.8 Å². The summed E-state index contributed by atoms with van der Waals surface area (Å²) in [4.78, 5) is 55.4. The van der Waals surface area contributed by atoms with Crippen molar-refractivity contribution >= 4 is 45.9 Å². The van der Waals surface area contributed by atoms with E-state index in [1.807, 2.05) is 47.6 Å². The predicted octanol–water partition coefficient (Wildman–Crippen LogP) is 6.19. The van der Waals surface area contributed by atoms with Gasteiger partial charge in [-0.25, -0.2) is 14.4 Å². The molecule has 4 saturated heterocycles. The van der Waals surface area contributed by atoms with Crippen LogP contribution in [0.15, 0.2) is 79.1 Å². The number of piperazine rings is 1. The number of hydrogen-bond donors (Lipinski definition) is 3. The van der Waals surface area contributed by atoms with Gasteiger partial charge in [0, 0.05) is 106 Å². The number of aromatic nitrogens is 3. The van der Waals surface area contributed by atoms with E-state index >= 15 is 4.39 Å². The number of anilines is 3. The molecule has 2 atom stereocenters. The van der Waals surface area contributed by atoms with E-state index in [9.17, 15) is 14.4 Å². The fourth-order valence-electron chi connectivity index (χ4n) is 10.1. The average Bonchev–Trinajstić information content (AvgIpc) is 3.64. The molecule has 3 aromatic heterocycles. The molecule has 0 saturated carbocycles. The maximum absolute atomic E-state index is 15.2. The van der Waals surface area contributed by atoms with Crippen LogP contribution >= 0.6 is 0 Å². The van der Waals surface area contributed by atoms with Gasteiger partial charge in [0.1, 0.15) is 23.3 Å². The third kappa shape index (κ3) is 8.76. The van der Waals surface area contributed by atoms with Gasteiger partial charge < -0.3 is 25.4 Å². The minimum atomic E-state index is -0.550. The molecule has 1 unspecified atom stereocenters. The number of nitrogens with two attached hydrogens (primary N) is 1. The molecule has 4 aliphatic rings. The number of likely N-dealkylation sites (tertiary alicyclic amines) is 2. The monoisotopic (exact) mass is 840 g/mol. The van der Waals surface area contributed by atoms with Crippen LogP contribution in [0.25, 0.3) is 22.2 Å². The Morgan fingerprint density at radius 2 is 1.65 bits per heavy atom. The summed E-state index contributed by atoms with van der Waals surface area (Å²) in [5.74, 6) is 0.641. The number of carbonyl (C=O) groups excluding carboxylic acids is 3. The molecule has 2 aromatic carbocycles. The molecule has 0 spiro atoms. The highest BCUT2D eigenvalue weighted by Gasteiger charge is 2.30. The van der Waals surface area contributed by atoms with Gasteiger partial charge in [-0.2, -0.15) is 0 Å². The Bertz CT molecular complexity index is 2410. The van der Waals surface area contributed by atoms with Crippen LogP contribution in [0.3, 0.4) is 0 Å². The molecule has 4 aliphatic heterocycles. The van der Waals surface area contributed by atoms with E-state index in [1.165, 1.54) is 17.3 Å².